The van der Waals surface area contributed by atoms with Gasteiger partial charge in [0.2, 0.25) is 0 Å². The second-order valence-electron chi connectivity index (χ2n) is 5.33. The molecule has 2 aromatic rings. The molecule has 22 heavy (non-hydrogen) atoms. The number of aliphatic hydroxyl groups is 1. The van der Waals surface area contributed by atoms with Gasteiger partial charge in [0.25, 0.3) is 0 Å². The zero-order valence-electron chi connectivity index (χ0n) is 12.1. The summed E-state index contributed by atoms with van der Waals surface area (Å²) in [7, 11) is 0. The molecule has 0 saturated carbocycles. The highest BCUT2D eigenvalue weighted by Crippen LogP contribution is 2.17. The summed E-state index contributed by atoms with van der Waals surface area (Å²) >= 11 is 5.85. The van der Waals surface area contributed by atoms with Gasteiger partial charge in [0.1, 0.15) is 5.15 Å². The van der Waals surface area contributed by atoms with E-state index in [0.717, 1.165) is 44.3 Å². The van der Waals surface area contributed by atoms with Crippen LogP contribution in [0.5, 0.6) is 0 Å². The third kappa shape index (κ3) is 4.46. The molecule has 2 unspecified atom stereocenters. The zero-order valence-corrected chi connectivity index (χ0v) is 14.5. The van der Waals surface area contributed by atoms with Crippen molar-refractivity contribution in [3.63, 3.8) is 0 Å². The van der Waals surface area contributed by atoms with Crippen molar-refractivity contribution in [2.24, 2.45) is 0 Å². The first kappa shape index (κ1) is 19.5. The third-order valence-corrected chi connectivity index (χ3v) is 4.12. The van der Waals surface area contributed by atoms with Crippen LogP contribution in [0.25, 0.3) is 11.2 Å². The van der Waals surface area contributed by atoms with E-state index in [1.54, 1.807) is 12.4 Å². The van der Waals surface area contributed by atoms with Crippen LogP contribution < -0.4 is 5.32 Å². The molecule has 0 amide bonds. The van der Waals surface area contributed by atoms with Crippen molar-refractivity contribution in [1.29, 1.82) is 0 Å². The third-order valence-electron chi connectivity index (χ3n) is 3.91. The molecule has 3 rings (SSSR count). The van der Waals surface area contributed by atoms with Gasteiger partial charge in [-0.25, -0.2) is 9.97 Å². The molecule has 0 radical (unpaired) electrons. The smallest absolute Gasteiger partial charge is 0.179 e. The molecular formula is C14H21Cl3N4O. The summed E-state index contributed by atoms with van der Waals surface area (Å²) in [6.07, 6.45) is 5.55. The average molecular weight is 368 g/mol. The number of halogens is 3. The second-order valence-corrected chi connectivity index (χ2v) is 5.71. The quantitative estimate of drug-likeness (QED) is 0.816. The molecule has 2 atom stereocenters. The lowest BCUT2D eigenvalue weighted by molar-refractivity contribution is 0.0909. The Morgan fingerprint density at radius 3 is 2.95 bits per heavy atom. The molecule has 3 heterocycles. The largest absolute Gasteiger partial charge is 0.392 e. The van der Waals surface area contributed by atoms with Gasteiger partial charge in [-0.1, -0.05) is 11.6 Å². The average Bonchev–Trinajstić information content (AvgIpc) is 2.83. The van der Waals surface area contributed by atoms with Gasteiger partial charge in [-0.15, -0.1) is 24.8 Å². The minimum atomic E-state index is -0.205. The first-order valence-corrected chi connectivity index (χ1v) is 7.50. The number of hydrogen-bond acceptors (Lipinski definition) is 4. The van der Waals surface area contributed by atoms with E-state index in [-0.39, 0.29) is 37.0 Å². The van der Waals surface area contributed by atoms with Crippen molar-refractivity contribution in [1.82, 2.24) is 19.9 Å². The molecule has 1 aliphatic heterocycles. The van der Waals surface area contributed by atoms with E-state index in [2.05, 4.69) is 19.9 Å². The maximum Gasteiger partial charge on any atom is 0.179 e. The Bertz CT molecular complexity index is 592. The van der Waals surface area contributed by atoms with Crippen LogP contribution in [-0.4, -0.2) is 38.3 Å². The number of aryl methyl sites for hydroxylation is 1. The lowest BCUT2D eigenvalue weighted by atomic mass is 9.97. The van der Waals surface area contributed by atoms with Crippen LogP contribution in [0.1, 0.15) is 25.7 Å². The molecule has 5 nitrogen and oxygen atoms in total. The van der Waals surface area contributed by atoms with E-state index < -0.39 is 0 Å². The van der Waals surface area contributed by atoms with E-state index in [4.69, 9.17) is 11.6 Å². The number of aliphatic hydroxyl groups excluding tert-OH is 1. The van der Waals surface area contributed by atoms with Gasteiger partial charge in [-0.3, -0.25) is 0 Å². The van der Waals surface area contributed by atoms with E-state index in [9.17, 15) is 5.11 Å². The number of rotatable bonds is 4. The van der Waals surface area contributed by atoms with E-state index in [1.807, 2.05) is 6.07 Å². The molecule has 0 aliphatic carbocycles. The number of hydrogen-bond donors (Lipinski definition) is 2. The van der Waals surface area contributed by atoms with Crippen LogP contribution >= 0.6 is 36.4 Å². The number of aromatic nitrogens is 3. The molecule has 0 aromatic carbocycles. The number of nitrogens with zero attached hydrogens (tertiary/aromatic N) is 3. The highest BCUT2D eigenvalue weighted by molar-refractivity contribution is 6.29. The number of nitrogens with one attached hydrogen (secondary N) is 1. The van der Waals surface area contributed by atoms with Crippen molar-refractivity contribution in [3.8, 4) is 0 Å². The molecular weight excluding hydrogens is 347 g/mol. The molecule has 1 aliphatic rings. The van der Waals surface area contributed by atoms with Gasteiger partial charge >= 0.3 is 0 Å². The van der Waals surface area contributed by atoms with Gasteiger partial charge in [0, 0.05) is 12.6 Å². The molecule has 2 N–H and O–H groups in total. The normalized spacial score (nSPS) is 21.2. The van der Waals surface area contributed by atoms with Gasteiger partial charge < -0.3 is 15.0 Å². The van der Waals surface area contributed by atoms with Gasteiger partial charge in [0.15, 0.2) is 5.65 Å². The first-order valence-electron chi connectivity index (χ1n) is 7.13. The molecule has 0 spiro atoms. The predicted molar refractivity (Wildman–Crippen MR) is 93.3 cm³/mol. The molecule has 1 fully saturated rings. The fraction of sp³-hybridized carbons (Fsp3) is 0.571. The SMILES string of the molecule is Cl.Cl.OC1CCCNC1CCCn1cnc2nc(Cl)ccc21. The maximum absolute atomic E-state index is 9.92. The fourth-order valence-electron chi connectivity index (χ4n) is 2.81. The van der Waals surface area contributed by atoms with Crippen molar-refractivity contribution in [2.45, 2.75) is 44.4 Å². The van der Waals surface area contributed by atoms with E-state index in [1.165, 1.54) is 0 Å². The van der Waals surface area contributed by atoms with Crippen LogP contribution in [0, 0.1) is 0 Å². The number of fused-ring (bicyclic) bond motifs is 1. The van der Waals surface area contributed by atoms with Crippen LogP contribution in [0.3, 0.4) is 0 Å². The summed E-state index contributed by atoms with van der Waals surface area (Å²) in [4.78, 5) is 8.45. The second kappa shape index (κ2) is 8.89. The van der Waals surface area contributed by atoms with Gasteiger partial charge in [-0.2, -0.15) is 0 Å². The van der Waals surface area contributed by atoms with Gasteiger partial charge in [-0.05, 0) is 44.4 Å². The monoisotopic (exact) mass is 366 g/mol. The number of pyridine rings is 1. The first-order chi connectivity index (χ1) is 9.74. The molecule has 1 saturated heterocycles. The lowest BCUT2D eigenvalue weighted by Crippen LogP contribution is -2.44. The summed E-state index contributed by atoms with van der Waals surface area (Å²) in [5, 5.41) is 13.8. The van der Waals surface area contributed by atoms with Crippen molar-refractivity contribution in [3.05, 3.63) is 23.6 Å². The summed E-state index contributed by atoms with van der Waals surface area (Å²) in [5.74, 6) is 0. The fourth-order valence-corrected chi connectivity index (χ4v) is 2.96. The molecule has 8 heteroatoms. The minimum absolute atomic E-state index is 0. The van der Waals surface area contributed by atoms with Crippen LogP contribution in [0.4, 0.5) is 0 Å². The molecule has 2 aromatic heterocycles. The summed E-state index contributed by atoms with van der Waals surface area (Å²) in [6, 6.07) is 3.96. The summed E-state index contributed by atoms with van der Waals surface area (Å²) in [5.41, 5.74) is 1.69. The highest BCUT2D eigenvalue weighted by Gasteiger charge is 2.21. The van der Waals surface area contributed by atoms with Crippen LogP contribution in [0.15, 0.2) is 18.5 Å². The zero-order chi connectivity index (χ0) is 13.9. The Kier molecular flexibility index (Phi) is 7.86. The summed E-state index contributed by atoms with van der Waals surface area (Å²) in [6.45, 7) is 1.89. The Hall–Kier alpha value is -0.590. The number of piperidine rings is 1. The maximum atomic E-state index is 9.92. The summed E-state index contributed by atoms with van der Waals surface area (Å²) < 4.78 is 2.09. The van der Waals surface area contributed by atoms with Crippen LogP contribution in [0.2, 0.25) is 5.15 Å². The predicted octanol–water partition coefficient (Wildman–Crippen LogP) is 2.82. The Balaban J connectivity index is 0.00000121. The Morgan fingerprint density at radius 1 is 1.36 bits per heavy atom. The van der Waals surface area contributed by atoms with E-state index in [0.29, 0.717) is 10.8 Å². The Morgan fingerprint density at radius 2 is 2.18 bits per heavy atom. The van der Waals surface area contributed by atoms with Gasteiger partial charge in [0.05, 0.1) is 17.9 Å². The lowest BCUT2D eigenvalue weighted by Gasteiger charge is -2.28. The molecule has 124 valence electrons. The van der Waals surface area contributed by atoms with Crippen molar-refractivity contribution in [2.75, 3.05) is 6.54 Å². The van der Waals surface area contributed by atoms with Crippen molar-refractivity contribution < 1.29 is 5.11 Å². The van der Waals surface area contributed by atoms with E-state index >= 15 is 0 Å². The number of imidazole rings is 1. The topological polar surface area (TPSA) is 63.0 Å². The van der Waals surface area contributed by atoms with Crippen molar-refractivity contribution >= 4 is 47.6 Å². The minimum Gasteiger partial charge on any atom is -0.392 e. The van der Waals surface area contributed by atoms with Crippen LogP contribution in [-0.2, 0) is 6.54 Å². The highest BCUT2D eigenvalue weighted by atomic mass is 35.5. The standard InChI is InChI=1S/C14H19ClN4O.2ClH/c15-13-6-5-11-14(18-13)17-9-19(11)8-2-3-10-12(20)4-1-7-16-10;;/h5-6,9-10,12,16,20H,1-4,7-8H2;2*1H. The Labute approximate surface area is 147 Å². The molecule has 0 bridgehead atoms.